The second-order valence-electron chi connectivity index (χ2n) is 4.80. The topological polar surface area (TPSA) is 70.1 Å². The number of aromatic nitrogens is 2. The van der Waals surface area contributed by atoms with E-state index < -0.39 is 0 Å². The molecule has 0 aliphatic carbocycles. The summed E-state index contributed by atoms with van der Waals surface area (Å²) in [6.07, 6.45) is 3.57. The highest BCUT2D eigenvalue weighted by molar-refractivity contribution is 5.92. The van der Waals surface area contributed by atoms with Gasteiger partial charge < -0.3 is 10.5 Å². The van der Waals surface area contributed by atoms with Crippen LogP contribution in [0.15, 0.2) is 24.5 Å². The molecule has 0 bridgehead atoms. The van der Waals surface area contributed by atoms with Gasteiger partial charge in [0, 0.05) is 24.0 Å². The van der Waals surface area contributed by atoms with Crippen molar-refractivity contribution in [2.45, 2.75) is 33.9 Å². The molecule has 0 amide bonds. The molecule has 0 spiro atoms. The number of benzene rings is 1. The van der Waals surface area contributed by atoms with E-state index >= 15 is 0 Å². The number of aryl methyl sites for hydroxylation is 3. The van der Waals surface area contributed by atoms with Gasteiger partial charge in [-0.15, -0.1) is 0 Å². The average Bonchev–Trinajstić information content (AvgIpc) is 2.88. The lowest BCUT2D eigenvalue weighted by atomic mass is 10.0. The van der Waals surface area contributed by atoms with E-state index in [2.05, 4.69) is 5.10 Å². The average molecular weight is 273 g/mol. The van der Waals surface area contributed by atoms with Gasteiger partial charge in [-0.3, -0.25) is 4.68 Å². The molecule has 0 saturated carbocycles. The molecule has 1 aromatic carbocycles. The molecule has 5 heteroatoms. The van der Waals surface area contributed by atoms with Crippen LogP contribution in [0, 0.1) is 13.8 Å². The van der Waals surface area contributed by atoms with Crippen LogP contribution in [-0.2, 0) is 17.9 Å². The number of nitrogens with zero attached hydrogens (tertiary/aromatic N) is 2. The molecule has 1 aromatic heterocycles. The van der Waals surface area contributed by atoms with Gasteiger partial charge in [0.1, 0.15) is 6.61 Å². The van der Waals surface area contributed by atoms with E-state index in [1.807, 2.05) is 33.0 Å². The summed E-state index contributed by atoms with van der Waals surface area (Å²) in [4.78, 5) is 12.1. The molecule has 2 rings (SSSR count). The van der Waals surface area contributed by atoms with Crippen molar-refractivity contribution in [3.05, 3.63) is 46.8 Å². The molecule has 0 aliphatic rings. The van der Waals surface area contributed by atoms with Gasteiger partial charge >= 0.3 is 5.97 Å². The molecule has 106 valence electrons. The van der Waals surface area contributed by atoms with Gasteiger partial charge in [-0.2, -0.15) is 5.10 Å². The first-order valence-corrected chi connectivity index (χ1v) is 6.56. The van der Waals surface area contributed by atoms with Crippen LogP contribution >= 0.6 is 0 Å². The first kappa shape index (κ1) is 14.1. The zero-order valence-corrected chi connectivity index (χ0v) is 12.0. The molecule has 5 nitrogen and oxygen atoms in total. The van der Waals surface area contributed by atoms with Crippen LogP contribution in [0.1, 0.15) is 34.0 Å². The van der Waals surface area contributed by atoms with Gasteiger partial charge in [0.15, 0.2) is 0 Å². The van der Waals surface area contributed by atoms with Crippen molar-refractivity contribution in [2.75, 3.05) is 5.73 Å². The number of rotatable bonds is 4. The Kier molecular flexibility index (Phi) is 4.08. The number of ether oxygens (including phenoxy) is 1. The molecule has 2 N–H and O–H groups in total. The fraction of sp³-hybridized carbons (Fsp3) is 0.333. The van der Waals surface area contributed by atoms with Gasteiger partial charge in [0.2, 0.25) is 0 Å². The van der Waals surface area contributed by atoms with E-state index in [4.69, 9.17) is 10.5 Å². The molecule has 0 unspecified atom stereocenters. The van der Waals surface area contributed by atoms with Gasteiger partial charge in [-0.1, -0.05) is 6.07 Å². The number of hydrogen-bond donors (Lipinski definition) is 1. The van der Waals surface area contributed by atoms with Crippen LogP contribution in [0.3, 0.4) is 0 Å². The minimum absolute atomic E-state index is 0.214. The molecule has 2 aromatic rings. The van der Waals surface area contributed by atoms with E-state index in [0.29, 0.717) is 11.3 Å². The van der Waals surface area contributed by atoms with Crippen molar-refractivity contribution in [3.63, 3.8) is 0 Å². The lowest BCUT2D eigenvalue weighted by Gasteiger charge is -2.09. The Morgan fingerprint density at radius 2 is 2.10 bits per heavy atom. The second-order valence-corrected chi connectivity index (χ2v) is 4.80. The number of nitrogens with two attached hydrogens (primary N) is 1. The largest absolute Gasteiger partial charge is 0.457 e. The van der Waals surface area contributed by atoms with Crippen molar-refractivity contribution in [1.82, 2.24) is 9.78 Å². The number of carbonyl (C=O) groups excluding carboxylic acids is 1. The minimum atomic E-state index is -0.363. The Hall–Kier alpha value is -2.30. The Morgan fingerprint density at radius 3 is 2.75 bits per heavy atom. The second kappa shape index (κ2) is 5.77. The third kappa shape index (κ3) is 2.99. The Balaban J connectivity index is 2.07. The lowest BCUT2D eigenvalue weighted by Crippen LogP contribution is -2.08. The summed E-state index contributed by atoms with van der Waals surface area (Å²) in [5.41, 5.74) is 9.64. The Morgan fingerprint density at radius 1 is 1.35 bits per heavy atom. The zero-order valence-electron chi connectivity index (χ0n) is 12.0. The number of esters is 1. The van der Waals surface area contributed by atoms with Crippen LogP contribution in [0.5, 0.6) is 0 Å². The Labute approximate surface area is 118 Å². The van der Waals surface area contributed by atoms with Crippen LogP contribution < -0.4 is 5.73 Å². The van der Waals surface area contributed by atoms with E-state index in [1.165, 1.54) is 0 Å². The van der Waals surface area contributed by atoms with Gasteiger partial charge in [-0.05, 0) is 38.0 Å². The molecule has 20 heavy (non-hydrogen) atoms. The summed E-state index contributed by atoms with van der Waals surface area (Å²) in [6, 6.07) is 3.56. The van der Waals surface area contributed by atoms with Crippen molar-refractivity contribution < 1.29 is 9.53 Å². The van der Waals surface area contributed by atoms with E-state index in [0.717, 1.165) is 23.2 Å². The predicted octanol–water partition coefficient (Wildman–Crippen LogP) is 2.46. The standard InChI is InChI=1S/C15H19N3O2/c1-4-18-8-12(7-17-18)9-20-15(19)13-6-14(16)11(3)5-10(13)2/h5-8H,4,9,16H2,1-3H3. The Bertz CT molecular complexity index is 632. The summed E-state index contributed by atoms with van der Waals surface area (Å²) in [7, 11) is 0. The van der Waals surface area contributed by atoms with Crippen LogP contribution in [0.25, 0.3) is 0 Å². The molecule has 0 atom stereocenters. The van der Waals surface area contributed by atoms with Gasteiger partial charge in [-0.25, -0.2) is 4.79 Å². The maximum absolute atomic E-state index is 12.1. The van der Waals surface area contributed by atoms with E-state index in [1.54, 1.807) is 16.9 Å². The smallest absolute Gasteiger partial charge is 0.338 e. The highest BCUT2D eigenvalue weighted by atomic mass is 16.5. The third-order valence-corrected chi connectivity index (χ3v) is 3.21. The summed E-state index contributed by atoms with van der Waals surface area (Å²) < 4.78 is 7.09. The number of hydrogen-bond acceptors (Lipinski definition) is 4. The van der Waals surface area contributed by atoms with Crippen molar-refractivity contribution in [2.24, 2.45) is 0 Å². The van der Waals surface area contributed by atoms with E-state index in [-0.39, 0.29) is 12.6 Å². The quantitative estimate of drug-likeness (QED) is 0.686. The highest BCUT2D eigenvalue weighted by Gasteiger charge is 2.13. The van der Waals surface area contributed by atoms with Gasteiger partial charge in [0.25, 0.3) is 0 Å². The summed E-state index contributed by atoms with van der Waals surface area (Å²) in [5, 5.41) is 4.13. The molecule has 0 aliphatic heterocycles. The first-order valence-electron chi connectivity index (χ1n) is 6.56. The van der Waals surface area contributed by atoms with Crippen LogP contribution in [0.2, 0.25) is 0 Å². The number of nitrogen functional groups attached to an aromatic ring is 1. The number of carbonyl (C=O) groups is 1. The van der Waals surface area contributed by atoms with Crippen molar-refractivity contribution in [1.29, 1.82) is 0 Å². The summed E-state index contributed by atoms with van der Waals surface area (Å²) >= 11 is 0. The third-order valence-electron chi connectivity index (χ3n) is 3.21. The zero-order chi connectivity index (χ0) is 14.7. The fourth-order valence-corrected chi connectivity index (χ4v) is 1.97. The summed E-state index contributed by atoms with van der Waals surface area (Å²) in [6.45, 7) is 6.80. The molecule has 0 radical (unpaired) electrons. The van der Waals surface area contributed by atoms with Crippen LogP contribution in [-0.4, -0.2) is 15.7 Å². The van der Waals surface area contributed by atoms with Crippen LogP contribution in [0.4, 0.5) is 5.69 Å². The molecule has 0 fully saturated rings. The minimum Gasteiger partial charge on any atom is -0.457 e. The maximum Gasteiger partial charge on any atom is 0.338 e. The number of anilines is 1. The molecule has 0 saturated heterocycles. The van der Waals surface area contributed by atoms with Gasteiger partial charge in [0.05, 0.1) is 11.8 Å². The molecule has 1 heterocycles. The monoisotopic (exact) mass is 273 g/mol. The van der Waals surface area contributed by atoms with Crippen molar-refractivity contribution in [3.8, 4) is 0 Å². The maximum atomic E-state index is 12.1. The first-order chi connectivity index (χ1) is 9.51. The SMILES string of the molecule is CCn1cc(COC(=O)c2cc(N)c(C)cc2C)cn1. The molecular weight excluding hydrogens is 254 g/mol. The lowest BCUT2D eigenvalue weighted by molar-refractivity contribution is 0.0472. The van der Waals surface area contributed by atoms with Crippen molar-refractivity contribution >= 4 is 11.7 Å². The highest BCUT2D eigenvalue weighted by Crippen LogP contribution is 2.19. The summed E-state index contributed by atoms with van der Waals surface area (Å²) in [5.74, 6) is -0.363. The normalized spacial score (nSPS) is 10.6. The van der Waals surface area contributed by atoms with E-state index in [9.17, 15) is 4.79 Å². The molecular formula is C15H19N3O2. The fourth-order valence-electron chi connectivity index (χ4n) is 1.97. The predicted molar refractivity (Wildman–Crippen MR) is 77.3 cm³/mol.